The van der Waals surface area contributed by atoms with Gasteiger partial charge in [0.05, 0.1) is 21.9 Å². The fourth-order valence-corrected chi connectivity index (χ4v) is 4.13. The van der Waals surface area contributed by atoms with Crippen LogP contribution in [0.2, 0.25) is 0 Å². The zero-order chi connectivity index (χ0) is 19.6. The minimum atomic E-state index is -3.58. The van der Waals surface area contributed by atoms with Crippen molar-refractivity contribution in [3.63, 3.8) is 0 Å². The van der Waals surface area contributed by atoms with E-state index in [1.807, 2.05) is 13.8 Å². The molecule has 5 nitrogen and oxygen atoms in total. The van der Waals surface area contributed by atoms with Gasteiger partial charge in [0.2, 0.25) is 0 Å². The van der Waals surface area contributed by atoms with Crippen LogP contribution in [0.1, 0.15) is 28.1 Å². The molecule has 0 saturated heterocycles. The van der Waals surface area contributed by atoms with Crippen molar-refractivity contribution in [1.29, 1.82) is 0 Å². The Hall–Kier alpha value is -2.67. The first-order chi connectivity index (χ1) is 12.7. The van der Waals surface area contributed by atoms with Crippen LogP contribution in [0.5, 0.6) is 5.75 Å². The van der Waals surface area contributed by atoms with E-state index in [4.69, 9.17) is 9.26 Å². The van der Waals surface area contributed by atoms with Gasteiger partial charge in [-0.15, -0.1) is 0 Å². The highest BCUT2D eigenvalue weighted by Gasteiger charge is 2.16. The quantitative estimate of drug-likeness (QED) is 0.629. The molecule has 0 N–H and O–H groups in total. The van der Waals surface area contributed by atoms with E-state index in [2.05, 4.69) is 5.16 Å². The maximum Gasteiger partial charge on any atom is 0.182 e. The third-order valence-corrected chi connectivity index (χ3v) is 5.91. The van der Waals surface area contributed by atoms with Crippen LogP contribution in [0.25, 0.3) is 0 Å². The molecular weight excluding hydrogens is 369 g/mol. The summed E-state index contributed by atoms with van der Waals surface area (Å²) in [4.78, 5) is 0.161. The molecule has 27 heavy (non-hydrogen) atoms. The Kier molecular flexibility index (Phi) is 5.32. The van der Waals surface area contributed by atoms with Crippen LogP contribution in [0.3, 0.4) is 0 Å². The smallest absolute Gasteiger partial charge is 0.182 e. The standard InChI is InChI=1S/C20H20FNO4S/c1-13-8-16(10-17(21)9-13)12-27(23,24)19-6-4-18(5-7-19)25-11-20-14(2)22-26-15(20)3/h4-10H,11-12H2,1-3H3. The summed E-state index contributed by atoms with van der Waals surface area (Å²) in [6.45, 7) is 5.65. The maximum atomic E-state index is 13.5. The summed E-state index contributed by atoms with van der Waals surface area (Å²) < 4.78 is 49.4. The topological polar surface area (TPSA) is 69.4 Å². The van der Waals surface area contributed by atoms with Gasteiger partial charge in [0.1, 0.15) is 23.9 Å². The van der Waals surface area contributed by atoms with Gasteiger partial charge in [0.15, 0.2) is 9.84 Å². The molecule has 2 aromatic carbocycles. The molecule has 0 spiro atoms. The van der Waals surface area contributed by atoms with Gasteiger partial charge < -0.3 is 9.26 Å². The molecule has 0 aliphatic rings. The minimum absolute atomic E-state index is 0.161. The molecule has 0 aliphatic heterocycles. The summed E-state index contributed by atoms with van der Waals surface area (Å²) in [7, 11) is -3.58. The number of hydrogen-bond donors (Lipinski definition) is 0. The van der Waals surface area contributed by atoms with Crippen LogP contribution in [-0.2, 0) is 22.2 Å². The van der Waals surface area contributed by atoms with Crippen molar-refractivity contribution in [3.8, 4) is 5.75 Å². The number of nitrogens with zero attached hydrogens (tertiary/aromatic N) is 1. The molecular formula is C20H20FNO4S. The molecule has 3 aromatic rings. The summed E-state index contributed by atoms with van der Waals surface area (Å²) in [5, 5.41) is 3.87. The number of aryl methyl sites for hydroxylation is 3. The number of halogens is 1. The molecule has 0 unspecified atom stereocenters. The Balaban J connectivity index is 1.72. The van der Waals surface area contributed by atoms with E-state index in [0.717, 1.165) is 11.3 Å². The SMILES string of the molecule is Cc1cc(F)cc(CS(=O)(=O)c2ccc(OCc3c(C)noc3C)cc2)c1. The Morgan fingerprint density at radius 3 is 2.37 bits per heavy atom. The summed E-state index contributed by atoms with van der Waals surface area (Å²) >= 11 is 0. The molecule has 0 bridgehead atoms. The number of benzene rings is 2. The normalized spacial score (nSPS) is 11.6. The first kappa shape index (κ1) is 19.1. The predicted molar refractivity (Wildman–Crippen MR) is 98.8 cm³/mol. The molecule has 3 rings (SSSR count). The van der Waals surface area contributed by atoms with Crippen molar-refractivity contribution in [2.24, 2.45) is 0 Å². The second-order valence-electron chi connectivity index (χ2n) is 6.46. The van der Waals surface area contributed by atoms with E-state index in [9.17, 15) is 12.8 Å². The summed E-state index contributed by atoms with van der Waals surface area (Å²) in [5.41, 5.74) is 2.74. The summed E-state index contributed by atoms with van der Waals surface area (Å²) in [5.74, 6) is 0.529. The molecule has 142 valence electrons. The van der Waals surface area contributed by atoms with E-state index >= 15 is 0 Å². The lowest BCUT2D eigenvalue weighted by atomic mass is 10.1. The Labute approximate surface area is 157 Å². The average Bonchev–Trinajstić information content (AvgIpc) is 2.90. The van der Waals surface area contributed by atoms with Gasteiger partial charge >= 0.3 is 0 Å². The van der Waals surface area contributed by atoms with Gasteiger partial charge in [-0.25, -0.2) is 12.8 Å². The molecule has 0 radical (unpaired) electrons. The zero-order valence-corrected chi connectivity index (χ0v) is 16.1. The second-order valence-corrected chi connectivity index (χ2v) is 8.45. The number of sulfone groups is 1. The highest BCUT2D eigenvalue weighted by atomic mass is 32.2. The molecule has 0 saturated carbocycles. The second kappa shape index (κ2) is 7.52. The molecule has 0 amide bonds. The lowest BCUT2D eigenvalue weighted by molar-refractivity contribution is 0.301. The van der Waals surface area contributed by atoms with Crippen molar-refractivity contribution < 1.29 is 22.1 Å². The van der Waals surface area contributed by atoms with Crippen LogP contribution < -0.4 is 4.74 Å². The number of ether oxygens (including phenoxy) is 1. The third-order valence-electron chi connectivity index (χ3n) is 4.21. The number of aromatic nitrogens is 1. The molecule has 0 fully saturated rings. The lowest BCUT2D eigenvalue weighted by Gasteiger charge is -2.09. The van der Waals surface area contributed by atoms with Crippen LogP contribution in [0.4, 0.5) is 4.39 Å². The average molecular weight is 389 g/mol. The van der Waals surface area contributed by atoms with Gasteiger partial charge in [0.25, 0.3) is 0 Å². The Morgan fingerprint density at radius 1 is 1.07 bits per heavy atom. The molecule has 0 aliphatic carbocycles. The first-order valence-corrected chi connectivity index (χ1v) is 10.0. The predicted octanol–water partition coefficient (Wildman–Crippen LogP) is 4.29. The van der Waals surface area contributed by atoms with Gasteiger partial charge in [-0.2, -0.15) is 0 Å². The van der Waals surface area contributed by atoms with E-state index in [1.165, 1.54) is 24.3 Å². The lowest BCUT2D eigenvalue weighted by Crippen LogP contribution is -2.06. The highest BCUT2D eigenvalue weighted by molar-refractivity contribution is 7.90. The number of hydrogen-bond acceptors (Lipinski definition) is 5. The van der Waals surface area contributed by atoms with Crippen molar-refractivity contribution >= 4 is 9.84 Å². The minimum Gasteiger partial charge on any atom is -0.489 e. The molecule has 0 atom stereocenters. The van der Waals surface area contributed by atoms with Crippen molar-refractivity contribution in [1.82, 2.24) is 5.16 Å². The molecule has 1 aromatic heterocycles. The molecule has 7 heteroatoms. The van der Waals surface area contributed by atoms with Crippen LogP contribution in [-0.4, -0.2) is 13.6 Å². The van der Waals surface area contributed by atoms with Gasteiger partial charge in [0, 0.05) is 0 Å². The van der Waals surface area contributed by atoms with Gasteiger partial charge in [-0.1, -0.05) is 11.2 Å². The fraction of sp³-hybridized carbons (Fsp3) is 0.250. The Morgan fingerprint density at radius 2 is 1.78 bits per heavy atom. The molecule has 1 heterocycles. The van der Waals surface area contributed by atoms with Gasteiger partial charge in [-0.05, 0) is 68.3 Å². The zero-order valence-electron chi connectivity index (χ0n) is 15.3. The van der Waals surface area contributed by atoms with E-state index < -0.39 is 15.7 Å². The third kappa shape index (κ3) is 4.54. The van der Waals surface area contributed by atoms with Crippen LogP contribution >= 0.6 is 0 Å². The van der Waals surface area contributed by atoms with Crippen molar-refractivity contribution in [3.05, 3.63) is 76.4 Å². The Bertz CT molecular complexity index is 1020. The fourth-order valence-electron chi connectivity index (χ4n) is 2.80. The van der Waals surface area contributed by atoms with Crippen LogP contribution in [0.15, 0.2) is 51.9 Å². The van der Waals surface area contributed by atoms with E-state index in [1.54, 1.807) is 25.1 Å². The summed E-state index contributed by atoms with van der Waals surface area (Å²) in [6.07, 6.45) is 0. The first-order valence-electron chi connectivity index (χ1n) is 8.38. The highest BCUT2D eigenvalue weighted by Crippen LogP contribution is 2.22. The summed E-state index contributed by atoms with van der Waals surface area (Å²) in [6, 6.07) is 10.5. The van der Waals surface area contributed by atoms with Crippen LogP contribution in [0, 0.1) is 26.6 Å². The van der Waals surface area contributed by atoms with E-state index in [0.29, 0.717) is 22.6 Å². The monoisotopic (exact) mass is 389 g/mol. The van der Waals surface area contributed by atoms with Crippen molar-refractivity contribution in [2.75, 3.05) is 0 Å². The largest absolute Gasteiger partial charge is 0.489 e. The maximum absolute atomic E-state index is 13.5. The van der Waals surface area contributed by atoms with Crippen molar-refractivity contribution in [2.45, 2.75) is 38.0 Å². The number of rotatable bonds is 6. The van der Waals surface area contributed by atoms with Gasteiger partial charge in [-0.3, -0.25) is 0 Å². The van der Waals surface area contributed by atoms with E-state index in [-0.39, 0.29) is 17.3 Å².